The summed E-state index contributed by atoms with van der Waals surface area (Å²) in [6.07, 6.45) is 8.20. The third-order valence-electron chi connectivity index (χ3n) is 8.01. The fourth-order valence-corrected chi connectivity index (χ4v) is 6.24. The molecule has 0 saturated carbocycles. The van der Waals surface area contributed by atoms with E-state index in [0.717, 1.165) is 77.3 Å². The Morgan fingerprint density at radius 3 is 1.44 bits per heavy atom. The number of H-pyrrole nitrogens is 2. The standard InChI is InChI=1S/C39H27BrN4O/c1-24-12-14-27(15-13-24)45-39-34-22-18-30(43-34)36(25-8-4-2-5-9-25)28-16-20-32(41-28)38(40)33-21-17-29(42-33)37(26-10-6-3-7-11-26)31-19-23-35(39)44-31/h2-23,43-44H,1H3. The van der Waals surface area contributed by atoms with Crippen LogP contribution in [0.5, 0.6) is 11.5 Å². The van der Waals surface area contributed by atoms with Crippen molar-refractivity contribution in [2.75, 3.05) is 0 Å². The van der Waals surface area contributed by atoms with Crippen molar-refractivity contribution in [1.82, 2.24) is 19.9 Å². The number of nitrogens with one attached hydrogen (secondary N) is 2. The van der Waals surface area contributed by atoms with E-state index in [0.29, 0.717) is 5.75 Å². The van der Waals surface area contributed by atoms with E-state index >= 15 is 0 Å². The molecule has 45 heavy (non-hydrogen) atoms. The van der Waals surface area contributed by atoms with Gasteiger partial charge < -0.3 is 14.7 Å². The van der Waals surface area contributed by atoms with Gasteiger partial charge in [0.15, 0.2) is 5.75 Å². The molecule has 5 heterocycles. The molecule has 3 aromatic carbocycles. The van der Waals surface area contributed by atoms with Gasteiger partial charge in [0.05, 0.1) is 38.3 Å². The van der Waals surface area contributed by atoms with Crippen molar-refractivity contribution in [3.8, 4) is 33.8 Å². The summed E-state index contributed by atoms with van der Waals surface area (Å²) in [5.74, 6) is 1.44. The van der Waals surface area contributed by atoms with Crippen molar-refractivity contribution < 1.29 is 4.74 Å². The summed E-state index contributed by atoms with van der Waals surface area (Å²) < 4.78 is 7.50. The van der Waals surface area contributed by atoms with Crippen molar-refractivity contribution in [3.05, 3.63) is 142 Å². The Kier molecular flexibility index (Phi) is 6.77. The van der Waals surface area contributed by atoms with Crippen LogP contribution in [-0.2, 0) is 0 Å². The smallest absolute Gasteiger partial charge is 0.174 e. The van der Waals surface area contributed by atoms with Gasteiger partial charge in [-0.2, -0.15) is 0 Å². The second kappa shape index (κ2) is 11.2. The lowest BCUT2D eigenvalue weighted by molar-refractivity contribution is 0.491. The number of hydrogen-bond donors (Lipinski definition) is 2. The van der Waals surface area contributed by atoms with Gasteiger partial charge in [0, 0.05) is 22.2 Å². The Morgan fingerprint density at radius 1 is 0.511 bits per heavy atom. The number of aromatic amines is 2. The minimum absolute atomic E-state index is 0.687. The molecule has 8 bridgehead atoms. The molecule has 3 aromatic heterocycles. The number of fused-ring (bicyclic) bond motifs is 8. The highest BCUT2D eigenvalue weighted by atomic mass is 79.9. The number of halogens is 1. The number of ether oxygens (including phenoxy) is 1. The summed E-state index contributed by atoms with van der Waals surface area (Å²) in [6, 6.07) is 37.1. The number of nitrogens with zero attached hydrogens (tertiary/aromatic N) is 2. The van der Waals surface area contributed by atoms with Crippen LogP contribution in [0.15, 0.2) is 114 Å². The molecule has 6 aromatic rings. The van der Waals surface area contributed by atoms with Crippen LogP contribution in [0.25, 0.3) is 68.6 Å². The topological polar surface area (TPSA) is 66.6 Å². The number of rotatable bonds is 4. The lowest BCUT2D eigenvalue weighted by atomic mass is 10.0. The summed E-state index contributed by atoms with van der Waals surface area (Å²) in [6.45, 7) is 2.07. The fraction of sp³-hybridized carbons (Fsp3) is 0.0256. The largest absolute Gasteiger partial charge is 0.453 e. The summed E-state index contributed by atoms with van der Waals surface area (Å²) in [5, 5.41) is 0. The normalized spacial score (nSPS) is 12.0. The number of benzene rings is 3. The Morgan fingerprint density at radius 2 is 0.956 bits per heavy atom. The van der Waals surface area contributed by atoms with Crippen molar-refractivity contribution in [2.24, 2.45) is 0 Å². The zero-order valence-electron chi connectivity index (χ0n) is 24.4. The molecule has 0 amide bonds. The molecule has 0 atom stereocenters. The number of hydrogen-bond acceptors (Lipinski definition) is 3. The van der Waals surface area contributed by atoms with Crippen LogP contribution in [0, 0.1) is 6.92 Å². The first-order chi connectivity index (χ1) is 22.1. The maximum absolute atomic E-state index is 6.66. The Balaban J connectivity index is 1.51. The van der Waals surface area contributed by atoms with Gasteiger partial charge in [-0.25, -0.2) is 9.97 Å². The molecule has 0 fully saturated rings. The van der Waals surface area contributed by atoms with E-state index < -0.39 is 0 Å². The molecular weight excluding hydrogens is 620 g/mol. The van der Waals surface area contributed by atoms with Gasteiger partial charge in [0.1, 0.15) is 5.75 Å². The quantitative estimate of drug-likeness (QED) is 0.200. The van der Waals surface area contributed by atoms with E-state index in [4.69, 9.17) is 14.7 Å². The first-order valence-electron chi connectivity index (χ1n) is 14.8. The molecule has 2 aliphatic heterocycles. The maximum atomic E-state index is 6.66. The highest BCUT2D eigenvalue weighted by Crippen LogP contribution is 2.37. The molecule has 0 unspecified atom stereocenters. The SMILES string of the molecule is Cc1ccc(Oc2c3ccc([nH]3)c(-c3ccccc3)c3nc(c(Br)c4nc(c(-c5ccccc5)c5ccc2[nH]5)C=C4)C=C3)cc1. The highest BCUT2D eigenvalue weighted by molar-refractivity contribution is 9.10. The average Bonchev–Trinajstić information content (AvgIpc) is 3.90. The predicted octanol–water partition coefficient (Wildman–Crippen LogP) is 10.9. The van der Waals surface area contributed by atoms with Gasteiger partial charge in [-0.1, -0.05) is 78.4 Å². The maximum Gasteiger partial charge on any atom is 0.174 e. The minimum Gasteiger partial charge on any atom is -0.453 e. The van der Waals surface area contributed by atoms with E-state index in [2.05, 4.69) is 106 Å². The molecule has 0 aliphatic carbocycles. The summed E-state index contributed by atoms with van der Waals surface area (Å²) in [5.41, 5.74) is 12.2. The van der Waals surface area contributed by atoms with E-state index in [1.54, 1.807) is 0 Å². The van der Waals surface area contributed by atoms with E-state index in [-0.39, 0.29) is 0 Å². The summed E-state index contributed by atoms with van der Waals surface area (Å²) >= 11 is 3.83. The second-order valence-corrected chi connectivity index (χ2v) is 11.8. The van der Waals surface area contributed by atoms with Crippen LogP contribution >= 0.6 is 15.9 Å². The van der Waals surface area contributed by atoms with E-state index in [1.807, 2.05) is 60.7 Å². The summed E-state index contributed by atoms with van der Waals surface area (Å²) in [4.78, 5) is 17.6. The Bertz CT molecular complexity index is 2160. The zero-order chi connectivity index (χ0) is 30.3. The van der Waals surface area contributed by atoms with Crippen LogP contribution < -0.4 is 4.74 Å². The molecule has 0 radical (unpaired) electrons. The van der Waals surface area contributed by atoms with Gasteiger partial charge in [0.25, 0.3) is 0 Å². The van der Waals surface area contributed by atoms with Crippen LogP contribution in [0.3, 0.4) is 0 Å². The van der Waals surface area contributed by atoms with Crippen LogP contribution in [0.2, 0.25) is 0 Å². The Hall–Kier alpha value is -5.46. The molecule has 0 spiro atoms. The lowest BCUT2D eigenvalue weighted by Crippen LogP contribution is -1.89. The number of aryl methyl sites for hydroxylation is 1. The van der Waals surface area contributed by atoms with Gasteiger partial charge in [-0.05, 0) is 94.7 Å². The van der Waals surface area contributed by atoms with Crippen molar-refractivity contribution in [1.29, 1.82) is 0 Å². The zero-order valence-corrected chi connectivity index (χ0v) is 26.0. The second-order valence-electron chi connectivity index (χ2n) is 11.0. The van der Waals surface area contributed by atoms with Crippen LogP contribution in [-0.4, -0.2) is 19.9 Å². The molecule has 216 valence electrons. The molecular formula is C39H27BrN4O. The van der Waals surface area contributed by atoms with E-state index in [1.165, 1.54) is 5.56 Å². The minimum atomic E-state index is 0.687. The fourth-order valence-electron chi connectivity index (χ4n) is 5.80. The first-order valence-corrected chi connectivity index (χ1v) is 15.6. The van der Waals surface area contributed by atoms with Crippen molar-refractivity contribution in [2.45, 2.75) is 6.92 Å². The average molecular weight is 648 g/mol. The third-order valence-corrected chi connectivity index (χ3v) is 8.82. The molecule has 0 saturated heterocycles. The predicted molar refractivity (Wildman–Crippen MR) is 189 cm³/mol. The Labute approximate surface area is 268 Å². The molecule has 2 N–H and O–H groups in total. The third kappa shape index (κ3) is 5.09. The monoisotopic (exact) mass is 646 g/mol. The highest BCUT2D eigenvalue weighted by Gasteiger charge is 2.17. The van der Waals surface area contributed by atoms with Crippen LogP contribution in [0.1, 0.15) is 28.3 Å². The van der Waals surface area contributed by atoms with Crippen molar-refractivity contribution in [3.63, 3.8) is 0 Å². The van der Waals surface area contributed by atoms with Crippen molar-refractivity contribution >= 4 is 62.3 Å². The lowest BCUT2D eigenvalue weighted by Gasteiger charge is -2.07. The summed E-state index contributed by atoms with van der Waals surface area (Å²) in [7, 11) is 0. The number of aromatic nitrogens is 4. The molecule has 2 aliphatic rings. The first kappa shape index (κ1) is 27.1. The van der Waals surface area contributed by atoms with Gasteiger partial charge in [-0.3, -0.25) is 0 Å². The van der Waals surface area contributed by atoms with E-state index in [9.17, 15) is 0 Å². The van der Waals surface area contributed by atoms with Gasteiger partial charge in [0.2, 0.25) is 0 Å². The van der Waals surface area contributed by atoms with Crippen LogP contribution in [0.4, 0.5) is 0 Å². The molecule has 8 rings (SSSR count). The molecule has 6 heteroatoms. The van der Waals surface area contributed by atoms with Gasteiger partial charge >= 0.3 is 0 Å². The van der Waals surface area contributed by atoms with Gasteiger partial charge in [-0.15, -0.1) is 0 Å². The molecule has 5 nitrogen and oxygen atoms in total.